The molecule has 0 atom stereocenters. The number of hydrogen-bond acceptors (Lipinski definition) is 4. The lowest BCUT2D eigenvalue weighted by molar-refractivity contribution is 0.0794. The Labute approximate surface area is 228 Å². The lowest BCUT2D eigenvalue weighted by atomic mass is 10.1. The summed E-state index contributed by atoms with van der Waals surface area (Å²) >= 11 is 0. The summed E-state index contributed by atoms with van der Waals surface area (Å²) in [6.45, 7) is 1.41. The van der Waals surface area contributed by atoms with Gasteiger partial charge in [0, 0.05) is 13.1 Å². The molecule has 0 aromatic heterocycles. The molecule has 1 aliphatic rings. The van der Waals surface area contributed by atoms with Crippen LogP contribution in [0.5, 0.6) is 0 Å². The number of carbonyl (C=O) groups excluding carboxylic acids is 2. The molecule has 1 saturated heterocycles. The van der Waals surface area contributed by atoms with E-state index in [1.165, 1.54) is 16.4 Å². The van der Waals surface area contributed by atoms with E-state index in [0.29, 0.717) is 24.3 Å². The number of rotatable bonds is 8. The van der Waals surface area contributed by atoms with Gasteiger partial charge in [-0.05, 0) is 54.8 Å². The molecule has 8 heteroatoms. The van der Waals surface area contributed by atoms with Crippen molar-refractivity contribution in [3.8, 4) is 0 Å². The van der Waals surface area contributed by atoms with E-state index in [9.17, 15) is 18.0 Å². The molecule has 0 aliphatic carbocycles. The second kappa shape index (κ2) is 11.5. The van der Waals surface area contributed by atoms with E-state index in [1.54, 1.807) is 71.6 Å². The summed E-state index contributed by atoms with van der Waals surface area (Å²) in [7, 11) is -4.02. The molecule has 1 aliphatic heterocycles. The largest absolute Gasteiger partial charge is 0.339 e. The van der Waals surface area contributed by atoms with E-state index in [2.05, 4.69) is 5.32 Å². The summed E-state index contributed by atoms with van der Waals surface area (Å²) in [6, 6.07) is 30.9. The Morgan fingerprint density at radius 2 is 1.28 bits per heavy atom. The minimum atomic E-state index is -4.02. The predicted octanol–water partition coefficient (Wildman–Crippen LogP) is 5.57. The van der Waals surface area contributed by atoms with Crippen LogP contribution in [0.25, 0.3) is 0 Å². The SMILES string of the molecule is O=C(Nc1ccccc1C(=O)N1CCCC1)c1ccccc1N(Cc1ccccc1)S(=O)(=O)c1ccccc1. The number of carbonyl (C=O) groups is 2. The van der Waals surface area contributed by atoms with Gasteiger partial charge in [0.15, 0.2) is 0 Å². The van der Waals surface area contributed by atoms with E-state index in [0.717, 1.165) is 18.4 Å². The van der Waals surface area contributed by atoms with Crippen LogP contribution >= 0.6 is 0 Å². The highest BCUT2D eigenvalue weighted by Crippen LogP contribution is 2.30. The van der Waals surface area contributed by atoms with Gasteiger partial charge in [-0.15, -0.1) is 0 Å². The maximum absolute atomic E-state index is 13.9. The Balaban J connectivity index is 1.52. The highest BCUT2D eigenvalue weighted by Gasteiger charge is 2.29. The first-order valence-electron chi connectivity index (χ1n) is 12.9. The van der Waals surface area contributed by atoms with E-state index < -0.39 is 15.9 Å². The number of amides is 2. The van der Waals surface area contributed by atoms with E-state index in [4.69, 9.17) is 0 Å². The molecular formula is C31H29N3O4S. The van der Waals surface area contributed by atoms with Gasteiger partial charge in [-0.25, -0.2) is 8.42 Å². The predicted molar refractivity (Wildman–Crippen MR) is 152 cm³/mol. The molecule has 0 unspecified atom stereocenters. The Morgan fingerprint density at radius 1 is 0.718 bits per heavy atom. The zero-order valence-corrected chi connectivity index (χ0v) is 22.2. The van der Waals surface area contributed by atoms with Crippen LogP contribution in [-0.2, 0) is 16.6 Å². The lowest BCUT2D eigenvalue weighted by Crippen LogP contribution is -2.32. The molecule has 0 saturated carbocycles. The van der Waals surface area contributed by atoms with Gasteiger partial charge >= 0.3 is 0 Å². The monoisotopic (exact) mass is 539 g/mol. The average molecular weight is 540 g/mol. The molecule has 5 rings (SSSR count). The summed E-state index contributed by atoms with van der Waals surface area (Å²) in [5, 5.41) is 2.87. The van der Waals surface area contributed by atoms with Crippen LogP contribution < -0.4 is 9.62 Å². The van der Waals surface area contributed by atoms with Crippen molar-refractivity contribution in [2.24, 2.45) is 0 Å². The number of anilines is 2. The molecule has 4 aromatic rings. The summed E-state index contributed by atoms with van der Waals surface area (Å²) in [5.41, 5.74) is 1.98. The van der Waals surface area contributed by atoms with Gasteiger partial charge in [0.05, 0.1) is 33.9 Å². The number of nitrogens with one attached hydrogen (secondary N) is 1. The first-order chi connectivity index (χ1) is 18.9. The van der Waals surface area contributed by atoms with E-state index >= 15 is 0 Å². The summed E-state index contributed by atoms with van der Waals surface area (Å²) in [4.78, 5) is 28.7. The molecule has 1 heterocycles. The maximum atomic E-state index is 13.9. The zero-order valence-electron chi connectivity index (χ0n) is 21.4. The fourth-order valence-electron chi connectivity index (χ4n) is 4.71. The summed E-state index contributed by atoms with van der Waals surface area (Å²) in [5.74, 6) is -0.636. The van der Waals surface area contributed by atoms with E-state index in [-0.39, 0.29) is 28.6 Å². The zero-order chi connectivity index (χ0) is 27.2. The van der Waals surface area contributed by atoms with Crippen molar-refractivity contribution in [3.05, 3.63) is 126 Å². The van der Waals surface area contributed by atoms with Crippen LogP contribution in [0.15, 0.2) is 114 Å². The summed E-state index contributed by atoms with van der Waals surface area (Å²) in [6.07, 6.45) is 1.92. The third-order valence-electron chi connectivity index (χ3n) is 6.72. The van der Waals surface area contributed by atoms with Gasteiger partial charge in [-0.2, -0.15) is 0 Å². The van der Waals surface area contributed by atoms with Crippen molar-refractivity contribution in [2.45, 2.75) is 24.3 Å². The van der Waals surface area contributed by atoms with Crippen molar-refractivity contribution < 1.29 is 18.0 Å². The quantitative estimate of drug-likeness (QED) is 0.317. The van der Waals surface area contributed by atoms with Crippen molar-refractivity contribution in [2.75, 3.05) is 22.7 Å². The van der Waals surface area contributed by atoms with Gasteiger partial charge < -0.3 is 10.2 Å². The molecule has 0 spiro atoms. The van der Waals surface area contributed by atoms with Crippen LogP contribution in [0.1, 0.15) is 39.1 Å². The summed E-state index contributed by atoms with van der Waals surface area (Å²) < 4.78 is 29.1. The standard InChI is InChI=1S/C31H29N3O4S/c35-30(32-28-19-9-7-17-26(28)31(36)33-21-11-12-22-33)27-18-8-10-20-29(27)34(23-24-13-3-1-4-14-24)39(37,38)25-15-5-2-6-16-25/h1-10,13-20H,11-12,21-23H2,(H,32,35). The van der Waals surface area contributed by atoms with Gasteiger partial charge in [0.25, 0.3) is 21.8 Å². The number of sulfonamides is 1. The normalized spacial score (nSPS) is 13.2. The van der Waals surface area contributed by atoms with Crippen molar-refractivity contribution in [1.29, 1.82) is 0 Å². The Hall–Kier alpha value is -4.43. The number of para-hydroxylation sites is 2. The van der Waals surface area contributed by atoms with Gasteiger partial charge in [-0.3, -0.25) is 13.9 Å². The molecular weight excluding hydrogens is 510 g/mol. The smallest absolute Gasteiger partial charge is 0.264 e. The third-order valence-corrected chi connectivity index (χ3v) is 8.49. The van der Waals surface area contributed by atoms with Gasteiger partial charge in [-0.1, -0.05) is 72.8 Å². The molecule has 2 amide bonds. The minimum Gasteiger partial charge on any atom is -0.339 e. The van der Waals surface area contributed by atoms with Gasteiger partial charge in [0.2, 0.25) is 0 Å². The molecule has 1 fully saturated rings. The first kappa shape index (κ1) is 26.2. The second-order valence-electron chi connectivity index (χ2n) is 9.33. The molecule has 198 valence electrons. The Bertz CT molecular complexity index is 1570. The molecule has 0 bridgehead atoms. The average Bonchev–Trinajstić information content (AvgIpc) is 3.52. The number of likely N-dealkylation sites (tertiary alicyclic amines) is 1. The fraction of sp³-hybridized carbons (Fsp3) is 0.161. The van der Waals surface area contributed by atoms with Crippen molar-refractivity contribution >= 4 is 33.2 Å². The van der Waals surface area contributed by atoms with Crippen LogP contribution in [-0.4, -0.2) is 38.2 Å². The highest BCUT2D eigenvalue weighted by atomic mass is 32.2. The Kier molecular flexibility index (Phi) is 7.74. The molecule has 39 heavy (non-hydrogen) atoms. The fourth-order valence-corrected chi connectivity index (χ4v) is 6.20. The van der Waals surface area contributed by atoms with Crippen LogP contribution in [0.4, 0.5) is 11.4 Å². The maximum Gasteiger partial charge on any atom is 0.264 e. The highest BCUT2D eigenvalue weighted by molar-refractivity contribution is 7.92. The number of benzene rings is 4. The van der Waals surface area contributed by atoms with Crippen LogP contribution in [0.2, 0.25) is 0 Å². The number of nitrogens with zero attached hydrogens (tertiary/aromatic N) is 2. The van der Waals surface area contributed by atoms with E-state index in [1.807, 2.05) is 30.3 Å². The first-order valence-corrected chi connectivity index (χ1v) is 14.3. The molecule has 7 nitrogen and oxygen atoms in total. The lowest BCUT2D eigenvalue weighted by Gasteiger charge is -2.27. The molecule has 1 N–H and O–H groups in total. The second-order valence-corrected chi connectivity index (χ2v) is 11.2. The third kappa shape index (κ3) is 5.71. The van der Waals surface area contributed by atoms with Crippen molar-refractivity contribution in [1.82, 2.24) is 4.90 Å². The minimum absolute atomic E-state index is 0.0341. The topological polar surface area (TPSA) is 86.8 Å². The van der Waals surface area contributed by atoms with Gasteiger partial charge in [0.1, 0.15) is 0 Å². The number of hydrogen-bond donors (Lipinski definition) is 1. The molecule has 0 radical (unpaired) electrons. The van der Waals surface area contributed by atoms with Crippen LogP contribution in [0.3, 0.4) is 0 Å². The molecule has 4 aromatic carbocycles. The Morgan fingerprint density at radius 3 is 1.97 bits per heavy atom. The van der Waals surface area contributed by atoms with Crippen molar-refractivity contribution in [3.63, 3.8) is 0 Å². The van der Waals surface area contributed by atoms with Crippen LogP contribution in [0, 0.1) is 0 Å².